The molecule has 1 heterocycles. The SMILES string of the molecule is CC(C)CONC1CCN(CC(C)C)CC1. The van der Waals surface area contributed by atoms with Crippen LogP contribution in [0.3, 0.4) is 0 Å². The second-order valence-corrected chi connectivity index (χ2v) is 5.79. The molecule has 1 saturated heterocycles. The molecule has 0 unspecified atom stereocenters. The lowest BCUT2D eigenvalue weighted by Crippen LogP contribution is -2.43. The molecule has 0 radical (unpaired) electrons. The second-order valence-electron chi connectivity index (χ2n) is 5.79. The summed E-state index contributed by atoms with van der Waals surface area (Å²) >= 11 is 0. The van der Waals surface area contributed by atoms with Gasteiger partial charge in [0.25, 0.3) is 0 Å². The molecule has 3 nitrogen and oxygen atoms in total. The second kappa shape index (κ2) is 7.25. The van der Waals surface area contributed by atoms with Crippen LogP contribution in [0.4, 0.5) is 0 Å². The van der Waals surface area contributed by atoms with Crippen molar-refractivity contribution in [3.8, 4) is 0 Å². The normalized spacial score (nSPS) is 19.9. The molecule has 0 bridgehead atoms. The monoisotopic (exact) mass is 228 g/mol. The number of hydrogen-bond acceptors (Lipinski definition) is 3. The maximum absolute atomic E-state index is 5.48. The van der Waals surface area contributed by atoms with Gasteiger partial charge in [0.15, 0.2) is 0 Å². The summed E-state index contributed by atoms with van der Waals surface area (Å²) < 4.78 is 0. The number of hydrogen-bond donors (Lipinski definition) is 1. The van der Waals surface area contributed by atoms with Gasteiger partial charge in [-0.3, -0.25) is 0 Å². The summed E-state index contributed by atoms with van der Waals surface area (Å²) in [6.45, 7) is 13.4. The van der Waals surface area contributed by atoms with Gasteiger partial charge in [0.05, 0.1) is 6.61 Å². The highest BCUT2D eigenvalue weighted by atomic mass is 16.6. The molecule has 0 atom stereocenters. The Labute approximate surface area is 100 Å². The molecule has 0 aromatic carbocycles. The Bertz CT molecular complexity index is 175. The molecule has 0 aromatic rings. The highest BCUT2D eigenvalue weighted by Gasteiger charge is 2.19. The summed E-state index contributed by atoms with van der Waals surface area (Å²) in [6, 6.07) is 0.558. The molecule has 1 fully saturated rings. The predicted molar refractivity (Wildman–Crippen MR) is 68.2 cm³/mol. The van der Waals surface area contributed by atoms with Gasteiger partial charge in [-0.05, 0) is 37.8 Å². The van der Waals surface area contributed by atoms with Gasteiger partial charge in [0, 0.05) is 12.6 Å². The first-order valence-corrected chi connectivity index (χ1v) is 6.67. The average molecular weight is 228 g/mol. The van der Waals surface area contributed by atoms with E-state index < -0.39 is 0 Å². The van der Waals surface area contributed by atoms with Crippen LogP contribution in [0.25, 0.3) is 0 Å². The van der Waals surface area contributed by atoms with Crippen LogP contribution in [0.1, 0.15) is 40.5 Å². The standard InChI is InChI=1S/C13H28N2O/c1-11(2)9-15-7-5-13(6-8-15)14-16-10-12(3)4/h11-14H,5-10H2,1-4H3. The molecule has 96 valence electrons. The zero-order valence-electron chi connectivity index (χ0n) is 11.3. The van der Waals surface area contributed by atoms with Crippen molar-refractivity contribution in [2.24, 2.45) is 11.8 Å². The fraction of sp³-hybridized carbons (Fsp3) is 1.00. The molecule has 1 aliphatic rings. The van der Waals surface area contributed by atoms with Crippen LogP contribution in [-0.2, 0) is 4.84 Å². The Balaban J connectivity index is 2.07. The molecule has 1 N–H and O–H groups in total. The first-order valence-electron chi connectivity index (χ1n) is 6.67. The van der Waals surface area contributed by atoms with Crippen molar-refractivity contribution in [3.05, 3.63) is 0 Å². The summed E-state index contributed by atoms with van der Waals surface area (Å²) in [6.07, 6.45) is 2.43. The average Bonchev–Trinajstić information content (AvgIpc) is 2.19. The van der Waals surface area contributed by atoms with Gasteiger partial charge in [0.1, 0.15) is 0 Å². The van der Waals surface area contributed by atoms with Crippen LogP contribution in [0.2, 0.25) is 0 Å². The third kappa shape index (κ3) is 5.83. The Hall–Kier alpha value is -0.120. The number of rotatable bonds is 6. The van der Waals surface area contributed by atoms with E-state index in [1.54, 1.807) is 0 Å². The topological polar surface area (TPSA) is 24.5 Å². The van der Waals surface area contributed by atoms with Crippen LogP contribution >= 0.6 is 0 Å². The maximum atomic E-state index is 5.48. The zero-order chi connectivity index (χ0) is 12.0. The first kappa shape index (κ1) is 13.9. The zero-order valence-corrected chi connectivity index (χ0v) is 11.3. The van der Waals surface area contributed by atoms with E-state index in [4.69, 9.17) is 4.84 Å². The number of piperidine rings is 1. The van der Waals surface area contributed by atoms with E-state index in [0.717, 1.165) is 12.5 Å². The first-order chi connectivity index (χ1) is 7.58. The fourth-order valence-electron chi connectivity index (χ4n) is 2.08. The fourth-order valence-corrected chi connectivity index (χ4v) is 2.08. The highest BCUT2D eigenvalue weighted by Crippen LogP contribution is 2.12. The van der Waals surface area contributed by atoms with Crippen molar-refractivity contribution in [1.29, 1.82) is 0 Å². The molecule has 0 saturated carbocycles. The molecule has 1 aliphatic heterocycles. The van der Waals surface area contributed by atoms with Crippen LogP contribution in [0, 0.1) is 11.8 Å². The summed E-state index contributed by atoms with van der Waals surface area (Å²) in [5.41, 5.74) is 3.20. The molecular formula is C13H28N2O. The van der Waals surface area contributed by atoms with Gasteiger partial charge in [0.2, 0.25) is 0 Å². The van der Waals surface area contributed by atoms with Crippen molar-refractivity contribution < 1.29 is 4.84 Å². The van der Waals surface area contributed by atoms with Gasteiger partial charge >= 0.3 is 0 Å². The van der Waals surface area contributed by atoms with Gasteiger partial charge in [-0.2, -0.15) is 5.48 Å². The van der Waals surface area contributed by atoms with Gasteiger partial charge in [-0.25, -0.2) is 0 Å². The lowest BCUT2D eigenvalue weighted by Gasteiger charge is -2.33. The highest BCUT2D eigenvalue weighted by molar-refractivity contribution is 4.75. The molecule has 1 rings (SSSR count). The van der Waals surface area contributed by atoms with E-state index in [1.807, 2.05) is 0 Å². The molecule has 0 aliphatic carbocycles. The van der Waals surface area contributed by atoms with Crippen molar-refractivity contribution in [1.82, 2.24) is 10.4 Å². The summed E-state index contributed by atoms with van der Waals surface area (Å²) in [7, 11) is 0. The largest absolute Gasteiger partial charge is 0.303 e. The molecule has 3 heteroatoms. The lowest BCUT2D eigenvalue weighted by atomic mass is 10.0. The summed E-state index contributed by atoms with van der Waals surface area (Å²) in [5, 5.41) is 0. The van der Waals surface area contributed by atoms with E-state index in [0.29, 0.717) is 12.0 Å². The van der Waals surface area contributed by atoms with E-state index >= 15 is 0 Å². The Morgan fingerprint density at radius 3 is 2.25 bits per heavy atom. The minimum absolute atomic E-state index is 0.558. The van der Waals surface area contributed by atoms with Crippen LogP contribution < -0.4 is 5.48 Å². The van der Waals surface area contributed by atoms with E-state index in [1.165, 1.54) is 32.5 Å². The third-order valence-corrected chi connectivity index (χ3v) is 2.88. The number of likely N-dealkylation sites (tertiary alicyclic amines) is 1. The lowest BCUT2D eigenvalue weighted by molar-refractivity contribution is -0.0141. The van der Waals surface area contributed by atoms with Crippen molar-refractivity contribution in [3.63, 3.8) is 0 Å². The van der Waals surface area contributed by atoms with Crippen molar-refractivity contribution in [2.75, 3.05) is 26.2 Å². The predicted octanol–water partition coefficient (Wildman–Crippen LogP) is 2.28. The quantitative estimate of drug-likeness (QED) is 0.706. The minimum atomic E-state index is 0.558. The van der Waals surface area contributed by atoms with Gasteiger partial charge in [-0.15, -0.1) is 0 Å². The van der Waals surface area contributed by atoms with Crippen molar-refractivity contribution in [2.45, 2.75) is 46.6 Å². The third-order valence-electron chi connectivity index (χ3n) is 2.88. The number of nitrogens with zero attached hydrogens (tertiary/aromatic N) is 1. The van der Waals surface area contributed by atoms with Gasteiger partial charge < -0.3 is 9.74 Å². The Morgan fingerprint density at radius 2 is 1.75 bits per heavy atom. The number of hydroxylamine groups is 1. The Morgan fingerprint density at radius 1 is 1.12 bits per heavy atom. The molecule has 0 aromatic heterocycles. The summed E-state index contributed by atoms with van der Waals surface area (Å²) in [4.78, 5) is 8.04. The van der Waals surface area contributed by atoms with Crippen molar-refractivity contribution >= 4 is 0 Å². The van der Waals surface area contributed by atoms with Crippen LogP contribution in [0.15, 0.2) is 0 Å². The van der Waals surface area contributed by atoms with Gasteiger partial charge in [-0.1, -0.05) is 27.7 Å². The van der Waals surface area contributed by atoms with E-state index in [2.05, 4.69) is 38.1 Å². The van der Waals surface area contributed by atoms with E-state index in [-0.39, 0.29) is 0 Å². The number of nitrogens with one attached hydrogen (secondary N) is 1. The van der Waals surface area contributed by atoms with E-state index in [9.17, 15) is 0 Å². The van der Waals surface area contributed by atoms with Crippen LogP contribution in [-0.4, -0.2) is 37.2 Å². The molecule has 16 heavy (non-hydrogen) atoms. The minimum Gasteiger partial charge on any atom is -0.303 e. The van der Waals surface area contributed by atoms with Crippen LogP contribution in [0.5, 0.6) is 0 Å². The maximum Gasteiger partial charge on any atom is 0.0705 e. The smallest absolute Gasteiger partial charge is 0.0705 e. The molecular weight excluding hydrogens is 200 g/mol. The molecule has 0 spiro atoms. The summed E-state index contributed by atoms with van der Waals surface area (Å²) in [5.74, 6) is 1.38. The molecule has 0 amide bonds. The Kier molecular flexibility index (Phi) is 6.32.